The summed E-state index contributed by atoms with van der Waals surface area (Å²) in [6.45, 7) is 11.9. The summed E-state index contributed by atoms with van der Waals surface area (Å²) in [5.74, 6) is 0.673. The fraction of sp³-hybridized carbons (Fsp3) is 0.522. The molecule has 0 aliphatic carbocycles. The van der Waals surface area contributed by atoms with E-state index in [-0.39, 0.29) is 36.1 Å². The van der Waals surface area contributed by atoms with Crippen LogP contribution in [0.4, 0.5) is 5.69 Å². The zero-order valence-electron chi connectivity index (χ0n) is 18.5. The van der Waals surface area contributed by atoms with Crippen LogP contribution in [0.5, 0.6) is 5.75 Å². The molecular formula is C23H31N3O4. The highest BCUT2D eigenvalue weighted by molar-refractivity contribution is 5.98. The first-order valence-electron chi connectivity index (χ1n) is 10.6. The van der Waals surface area contributed by atoms with E-state index in [4.69, 9.17) is 9.15 Å². The van der Waals surface area contributed by atoms with E-state index in [0.717, 1.165) is 18.4 Å². The summed E-state index contributed by atoms with van der Waals surface area (Å²) in [6.07, 6.45) is 3.14. The molecule has 0 unspecified atom stereocenters. The normalized spacial score (nSPS) is 13.8. The molecule has 0 atom stereocenters. The highest BCUT2D eigenvalue weighted by atomic mass is 16.5. The highest BCUT2D eigenvalue weighted by Crippen LogP contribution is 2.37. The van der Waals surface area contributed by atoms with Gasteiger partial charge in [-0.2, -0.15) is 0 Å². The van der Waals surface area contributed by atoms with Crippen LogP contribution < -0.4 is 9.64 Å². The molecule has 1 aromatic carbocycles. The number of anilines is 1. The number of carbonyl (C=O) groups is 2. The Morgan fingerprint density at radius 2 is 1.90 bits per heavy atom. The maximum absolute atomic E-state index is 12.8. The number of nitrogens with zero attached hydrogens (tertiary/aromatic N) is 3. The zero-order valence-corrected chi connectivity index (χ0v) is 18.5. The molecule has 30 heavy (non-hydrogen) atoms. The minimum atomic E-state index is -0.168. The second kappa shape index (κ2) is 8.90. The lowest BCUT2D eigenvalue weighted by Gasteiger charge is -2.30. The molecule has 1 aliphatic heterocycles. The van der Waals surface area contributed by atoms with Crippen molar-refractivity contribution in [3.8, 4) is 5.75 Å². The molecule has 0 saturated heterocycles. The molecule has 0 bridgehead atoms. The number of hydrogen-bond donors (Lipinski definition) is 0. The molecule has 0 saturated carbocycles. The summed E-state index contributed by atoms with van der Waals surface area (Å²) in [6, 6.07) is 5.89. The Morgan fingerprint density at radius 1 is 1.20 bits per heavy atom. The van der Waals surface area contributed by atoms with Gasteiger partial charge >= 0.3 is 0 Å². The molecular weight excluding hydrogens is 382 g/mol. The molecule has 2 aromatic rings. The Morgan fingerprint density at radius 3 is 2.53 bits per heavy atom. The number of hydrogen-bond acceptors (Lipinski definition) is 5. The van der Waals surface area contributed by atoms with Crippen molar-refractivity contribution < 1.29 is 18.7 Å². The smallest absolute Gasteiger partial charge is 0.275 e. The lowest BCUT2D eigenvalue weighted by atomic mass is 9.86. The molecule has 1 aromatic heterocycles. The lowest BCUT2D eigenvalue weighted by Crippen LogP contribution is -2.38. The number of aromatic nitrogens is 1. The number of amides is 2. The van der Waals surface area contributed by atoms with Gasteiger partial charge in [0.25, 0.3) is 11.8 Å². The van der Waals surface area contributed by atoms with Gasteiger partial charge in [-0.15, -0.1) is 0 Å². The number of ether oxygens (including phenoxy) is 1. The van der Waals surface area contributed by atoms with Gasteiger partial charge in [0, 0.05) is 13.1 Å². The minimum absolute atomic E-state index is 0.0326. The van der Waals surface area contributed by atoms with Crippen molar-refractivity contribution in [3.63, 3.8) is 0 Å². The van der Waals surface area contributed by atoms with Crippen LogP contribution in [0.2, 0.25) is 0 Å². The SMILES string of the molecule is CCCN(CCC)C(=O)c1coc(CN2C(=O)COc3ccc(C(C)(C)C)cc32)n1. The van der Waals surface area contributed by atoms with Gasteiger partial charge in [0.1, 0.15) is 18.6 Å². The Hall–Kier alpha value is -2.83. The van der Waals surface area contributed by atoms with E-state index in [0.29, 0.717) is 30.4 Å². The van der Waals surface area contributed by atoms with Gasteiger partial charge in [0.05, 0.1) is 5.69 Å². The van der Waals surface area contributed by atoms with Crippen molar-refractivity contribution in [1.82, 2.24) is 9.88 Å². The minimum Gasteiger partial charge on any atom is -0.482 e. The number of oxazole rings is 1. The molecule has 7 nitrogen and oxygen atoms in total. The van der Waals surface area contributed by atoms with Crippen LogP contribution in [0, 0.1) is 0 Å². The van der Waals surface area contributed by atoms with E-state index in [9.17, 15) is 9.59 Å². The molecule has 1 aliphatic rings. The second-order valence-corrected chi connectivity index (χ2v) is 8.62. The predicted octanol–water partition coefficient (Wildman–Crippen LogP) is 4.16. The molecule has 3 rings (SSSR count). The van der Waals surface area contributed by atoms with Crippen molar-refractivity contribution in [2.45, 2.75) is 59.4 Å². The standard InChI is InChI=1S/C23H31N3O4/c1-6-10-25(11-7-2)22(28)17-14-30-20(24-17)13-26-18-12-16(23(3,4)5)8-9-19(18)29-15-21(26)27/h8-9,12,14H,6-7,10-11,13,15H2,1-5H3. The van der Waals surface area contributed by atoms with Crippen LogP contribution in [-0.4, -0.2) is 41.4 Å². The van der Waals surface area contributed by atoms with Gasteiger partial charge in [0.15, 0.2) is 12.3 Å². The number of fused-ring (bicyclic) bond motifs is 1. The first kappa shape index (κ1) is 21.9. The number of carbonyl (C=O) groups excluding carboxylic acids is 2. The van der Waals surface area contributed by atoms with Crippen LogP contribution >= 0.6 is 0 Å². The van der Waals surface area contributed by atoms with E-state index >= 15 is 0 Å². The van der Waals surface area contributed by atoms with Gasteiger partial charge in [-0.3, -0.25) is 14.5 Å². The Labute approximate surface area is 178 Å². The summed E-state index contributed by atoms with van der Waals surface area (Å²) in [5.41, 5.74) is 2.01. The first-order valence-corrected chi connectivity index (χ1v) is 10.6. The maximum Gasteiger partial charge on any atom is 0.275 e. The predicted molar refractivity (Wildman–Crippen MR) is 115 cm³/mol. The third-order valence-electron chi connectivity index (χ3n) is 5.11. The molecule has 0 radical (unpaired) electrons. The molecule has 162 valence electrons. The average Bonchev–Trinajstić information content (AvgIpc) is 3.17. The average molecular weight is 414 g/mol. The van der Waals surface area contributed by atoms with E-state index < -0.39 is 0 Å². The summed E-state index contributed by atoms with van der Waals surface area (Å²) in [5, 5.41) is 0. The Bertz CT molecular complexity index is 907. The van der Waals surface area contributed by atoms with Crippen molar-refractivity contribution in [3.05, 3.63) is 41.6 Å². The molecule has 0 N–H and O–H groups in total. The quantitative estimate of drug-likeness (QED) is 0.681. The first-order chi connectivity index (χ1) is 14.2. The Kier molecular flexibility index (Phi) is 6.48. The van der Waals surface area contributed by atoms with Gasteiger partial charge in [-0.1, -0.05) is 40.7 Å². The van der Waals surface area contributed by atoms with Crippen molar-refractivity contribution >= 4 is 17.5 Å². The van der Waals surface area contributed by atoms with Crippen LogP contribution in [0.15, 0.2) is 28.9 Å². The van der Waals surface area contributed by atoms with Crippen molar-refractivity contribution in [2.24, 2.45) is 0 Å². The summed E-state index contributed by atoms with van der Waals surface area (Å²) in [7, 11) is 0. The monoisotopic (exact) mass is 413 g/mol. The summed E-state index contributed by atoms with van der Waals surface area (Å²) >= 11 is 0. The van der Waals surface area contributed by atoms with Gasteiger partial charge in [-0.05, 0) is 36.0 Å². The van der Waals surface area contributed by atoms with Crippen molar-refractivity contribution in [2.75, 3.05) is 24.6 Å². The van der Waals surface area contributed by atoms with Gasteiger partial charge in [0.2, 0.25) is 5.89 Å². The molecule has 0 spiro atoms. The third-order valence-corrected chi connectivity index (χ3v) is 5.11. The van der Waals surface area contributed by atoms with E-state index in [1.807, 2.05) is 32.0 Å². The second-order valence-electron chi connectivity index (χ2n) is 8.62. The van der Waals surface area contributed by atoms with Crippen molar-refractivity contribution in [1.29, 1.82) is 0 Å². The van der Waals surface area contributed by atoms with Crippen LogP contribution in [0.1, 0.15) is 69.4 Å². The van der Waals surface area contributed by atoms with Gasteiger partial charge < -0.3 is 14.1 Å². The summed E-state index contributed by atoms with van der Waals surface area (Å²) in [4.78, 5) is 33.1. The molecule has 7 heteroatoms. The number of rotatable bonds is 7. The molecule has 2 amide bonds. The highest BCUT2D eigenvalue weighted by Gasteiger charge is 2.29. The fourth-order valence-electron chi connectivity index (χ4n) is 3.48. The zero-order chi connectivity index (χ0) is 21.9. The maximum atomic E-state index is 12.8. The fourth-order valence-corrected chi connectivity index (χ4v) is 3.48. The largest absolute Gasteiger partial charge is 0.482 e. The Balaban J connectivity index is 1.84. The van der Waals surface area contributed by atoms with Crippen LogP contribution in [0.25, 0.3) is 0 Å². The number of benzene rings is 1. The van der Waals surface area contributed by atoms with E-state index in [1.165, 1.54) is 6.26 Å². The van der Waals surface area contributed by atoms with Crippen LogP contribution in [-0.2, 0) is 16.8 Å². The molecule has 2 heterocycles. The summed E-state index contributed by atoms with van der Waals surface area (Å²) < 4.78 is 11.2. The third kappa shape index (κ3) is 4.66. The van der Waals surface area contributed by atoms with Crippen LogP contribution in [0.3, 0.4) is 0 Å². The van der Waals surface area contributed by atoms with E-state index in [1.54, 1.807) is 9.80 Å². The molecule has 0 fully saturated rings. The topological polar surface area (TPSA) is 75.9 Å². The van der Waals surface area contributed by atoms with Gasteiger partial charge in [-0.25, -0.2) is 4.98 Å². The van der Waals surface area contributed by atoms with E-state index in [2.05, 4.69) is 25.8 Å². The lowest BCUT2D eigenvalue weighted by molar-refractivity contribution is -0.121.